The standard InChI is InChI=1S/C10H22N2O6S/c1-12(6-4-10(14)18-3)19(15,16)11-9(5-7-13)8-17-2/h9,11,13H,4-8H2,1-3H3. The Morgan fingerprint density at radius 3 is 2.53 bits per heavy atom. The van der Waals surface area contributed by atoms with Gasteiger partial charge in [0.25, 0.3) is 10.2 Å². The lowest BCUT2D eigenvalue weighted by molar-refractivity contribution is -0.140. The van der Waals surface area contributed by atoms with Crippen LogP contribution in [0.4, 0.5) is 0 Å². The van der Waals surface area contributed by atoms with E-state index < -0.39 is 22.2 Å². The van der Waals surface area contributed by atoms with Gasteiger partial charge >= 0.3 is 5.97 Å². The number of hydrogen-bond donors (Lipinski definition) is 2. The Labute approximate surface area is 113 Å². The molecule has 8 nitrogen and oxygen atoms in total. The zero-order chi connectivity index (χ0) is 14.9. The van der Waals surface area contributed by atoms with Crippen LogP contribution in [0, 0.1) is 0 Å². The minimum Gasteiger partial charge on any atom is -0.469 e. The predicted molar refractivity (Wildman–Crippen MR) is 68.7 cm³/mol. The smallest absolute Gasteiger partial charge is 0.306 e. The van der Waals surface area contributed by atoms with Gasteiger partial charge in [-0.1, -0.05) is 0 Å². The number of methoxy groups -OCH3 is 2. The van der Waals surface area contributed by atoms with Crippen molar-refractivity contribution >= 4 is 16.2 Å². The molecule has 0 amide bonds. The second-order valence-electron chi connectivity index (χ2n) is 3.94. The van der Waals surface area contributed by atoms with Gasteiger partial charge < -0.3 is 14.6 Å². The molecule has 1 atom stereocenters. The molecule has 0 radical (unpaired) electrons. The van der Waals surface area contributed by atoms with Gasteiger partial charge in [0.1, 0.15) is 0 Å². The van der Waals surface area contributed by atoms with Crippen molar-refractivity contribution in [2.75, 3.05) is 41.0 Å². The molecular weight excluding hydrogens is 276 g/mol. The molecule has 1 unspecified atom stereocenters. The van der Waals surface area contributed by atoms with Gasteiger partial charge in [-0.2, -0.15) is 17.4 Å². The van der Waals surface area contributed by atoms with Crippen LogP contribution < -0.4 is 4.72 Å². The fraction of sp³-hybridized carbons (Fsp3) is 0.900. The highest BCUT2D eigenvalue weighted by Crippen LogP contribution is 2.01. The summed E-state index contributed by atoms with van der Waals surface area (Å²) in [5.74, 6) is -0.481. The first-order valence-electron chi connectivity index (χ1n) is 5.77. The molecule has 0 fully saturated rings. The van der Waals surface area contributed by atoms with Crippen molar-refractivity contribution in [3.05, 3.63) is 0 Å². The van der Waals surface area contributed by atoms with Crippen LogP contribution in [0.2, 0.25) is 0 Å². The van der Waals surface area contributed by atoms with Gasteiger partial charge in [0.2, 0.25) is 0 Å². The van der Waals surface area contributed by atoms with E-state index in [4.69, 9.17) is 9.84 Å². The molecule has 0 heterocycles. The molecule has 0 spiro atoms. The van der Waals surface area contributed by atoms with Gasteiger partial charge in [-0.3, -0.25) is 4.79 Å². The first-order chi connectivity index (χ1) is 8.87. The zero-order valence-electron chi connectivity index (χ0n) is 11.5. The van der Waals surface area contributed by atoms with E-state index >= 15 is 0 Å². The van der Waals surface area contributed by atoms with Crippen molar-refractivity contribution in [1.29, 1.82) is 0 Å². The SMILES string of the molecule is COCC(CCO)NS(=O)(=O)N(C)CCC(=O)OC. The third-order valence-corrected chi connectivity index (χ3v) is 4.06. The number of aliphatic hydroxyl groups is 1. The molecular formula is C10H22N2O6S. The normalized spacial score (nSPS) is 13.5. The van der Waals surface area contributed by atoms with Gasteiger partial charge in [-0.15, -0.1) is 0 Å². The second kappa shape index (κ2) is 9.21. The maximum Gasteiger partial charge on any atom is 0.306 e. The number of ether oxygens (including phenoxy) is 2. The number of rotatable bonds is 10. The molecule has 9 heteroatoms. The van der Waals surface area contributed by atoms with Crippen LogP contribution in [0.1, 0.15) is 12.8 Å². The van der Waals surface area contributed by atoms with Crippen molar-refractivity contribution in [2.45, 2.75) is 18.9 Å². The fourth-order valence-corrected chi connectivity index (χ4v) is 2.42. The van der Waals surface area contributed by atoms with E-state index in [0.29, 0.717) is 0 Å². The minimum atomic E-state index is -3.72. The topological polar surface area (TPSA) is 105 Å². The molecule has 19 heavy (non-hydrogen) atoms. The molecule has 0 saturated heterocycles. The van der Waals surface area contributed by atoms with E-state index in [2.05, 4.69) is 9.46 Å². The Bertz CT molecular complexity index is 353. The summed E-state index contributed by atoms with van der Waals surface area (Å²) >= 11 is 0. The Morgan fingerprint density at radius 2 is 2.05 bits per heavy atom. The number of aliphatic hydroxyl groups excluding tert-OH is 1. The van der Waals surface area contributed by atoms with E-state index in [1.165, 1.54) is 21.3 Å². The third-order valence-electron chi connectivity index (χ3n) is 2.43. The predicted octanol–water partition coefficient (Wildman–Crippen LogP) is -1.29. The average Bonchev–Trinajstić information content (AvgIpc) is 2.35. The van der Waals surface area contributed by atoms with E-state index in [-0.39, 0.29) is 32.6 Å². The van der Waals surface area contributed by atoms with Gasteiger partial charge in [0.15, 0.2) is 0 Å². The van der Waals surface area contributed by atoms with Crippen LogP contribution in [-0.4, -0.2) is 70.9 Å². The summed E-state index contributed by atoms with van der Waals surface area (Å²) in [6.45, 7) is 0.0217. The molecule has 0 aliphatic rings. The third kappa shape index (κ3) is 7.43. The summed E-state index contributed by atoms with van der Waals surface area (Å²) in [4.78, 5) is 11.0. The largest absolute Gasteiger partial charge is 0.469 e. The maximum absolute atomic E-state index is 11.9. The first-order valence-corrected chi connectivity index (χ1v) is 7.21. The lowest BCUT2D eigenvalue weighted by Crippen LogP contribution is -2.46. The monoisotopic (exact) mass is 298 g/mol. The molecule has 0 bridgehead atoms. The van der Waals surface area contributed by atoms with Crippen molar-refractivity contribution < 1.29 is 27.8 Å². The second-order valence-corrected chi connectivity index (χ2v) is 5.74. The van der Waals surface area contributed by atoms with Crippen LogP contribution in [0.3, 0.4) is 0 Å². The molecule has 0 saturated carbocycles. The Morgan fingerprint density at radius 1 is 1.42 bits per heavy atom. The van der Waals surface area contributed by atoms with Gasteiger partial charge in [0, 0.05) is 33.4 Å². The van der Waals surface area contributed by atoms with Crippen LogP contribution in [0.15, 0.2) is 0 Å². The Balaban J connectivity index is 4.44. The molecule has 2 N–H and O–H groups in total. The first kappa shape index (κ1) is 18.3. The fourth-order valence-electron chi connectivity index (χ4n) is 1.30. The lowest BCUT2D eigenvalue weighted by Gasteiger charge is -2.22. The van der Waals surface area contributed by atoms with Crippen LogP contribution >= 0.6 is 0 Å². The van der Waals surface area contributed by atoms with E-state index in [1.54, 1.807) is 0 Å². The van der Waals surface area contributed by atoms with Gasteiger partial charge in [-0.05, 0) is 6.42 Å². The Hall–Kier alpha value is -0.740. The molecule has 0 aromatic heterocycles. The van der Waals surface area contributed by atoms with Gasteiger partial charge in [-0.25, -0.2) is 0 Å². The highest BCUT2D eigenvalue weighted by Gasteiger charge is 2.22. The number of nitrogens with one attached hydrogen (secondary N) is 1. The molecule has 0 aromatic carbocycles. The summed E-state index contributed by atoms with van der Waals surface area (Å²) in [5.41, 5.74) is 0. The van der Waals surface area contributed by atoms with Crippen LogP contribution in [0.25, 0.3) is 0 Å². The summed E-state index contributed by atoms with van der Waals surface area (Å²) in [5, 5.41) is 8.84. The van der Waals surface area contributed by atoms with Crippen molar-refractivity contribution in [2.24, 2.45) is 0 Å². The highest BCUT2D eigenvalue weighted by atomic mass is 32.2. The van der Waals surface area contributed by atoms with E-state index in [9.17, 15) is 13.2 Å². The molecule has 0 aliphatic heterocycles. The minimum absolute atomic E-state index is 0.0147. The quantitative estimate of drug-likeness (QED) is 0.486. The average molecular weight is 298 g/mol. The summed E-state index contributed by atoms with van der Waals surface area (Å²) in [7, 11) is 0.317. The lowest BCUT2D eigenvalue weighted by atomic mass is 10.2. The highest BCUT2D eigenvalue weighted by molar-refractivity contribution is 7.87. The molecule has 0 aliphatic carbocycles. The van der Waals surface area contributed by atoms with Crippen molar-refractivity contribution in [3.8, 4) is 0 Å². The number of hydrogen-bond acceptors (Lipinski definition) is 6. The molecule has 0 aromatic rings. The summed E-state index contributed by atoms with van der Waals surface area (Å²) < 4.78 is 36.6. The van der Waals surface area contributed by atoms with Crippen LogP contribution in [0.5, 0.6) is 0 Å². The maximum atomic E-state index is 11.9. The molecule has 114 valence electrons. The van der Waals surface area contributed by atoms with Crippen LogP contribution in [-0.2, 0) is 24.5 Å². The summed E-state index contributed by atoms with van der Waals surface area (Å²) in [6, 6.07) is -0.513. The van der Waals surface area contributed by atoms with Gasteiger partial charge in [0.05, 0.1) is 20.1 Å². The van der Waals surface area contributed by atoms with E-state index in [1.807, 2.05) is 0 Å². The number of nitrogens with zero attached hydrogens (tertiary/aromatic N) is 1. The van der Waals surface area contributed by atoms with Crippen molar-refractivity contribution in [1.82, 2.24) is 9.03 Å². The zero-order valence-corrected chi connectivity index (χ0v) is 12.3. The van der Waals surface area contributed by atoms with Crippen molar-refractivity contribution in [3.63, 3.8) is 0 Å². The Kier molecular flexibility index (Phi) is 8.85. The van der Waals surface area contributed by atoms with E-state index in [0.717, 1.165) is 4.31 Å². The number of esters is 1. The number of carbonyl (C=O) groups excluding carboxylic acids is 1. The number of carbonyl (C=O) groups is 1. The molecule has 0 rings (SSSR count). The summed E-state index contributed by atoms with van der Waals surface area (Å²) in [6.07, 6.45) is 0.223.